The van der Waals surface area contributed by atoms with E-state index in [1.54, 1.807) is 12.1 Å². The molecule has 0 spiro atoms. The Morgan fingerprint density at radius 2 is 1.69 bits per heavy atom. The molecule has 1 aliphatic carbocycles. The number of halogens is 1. The Kier molecular flexibility index (Phi) is 6.49. The van der Waals surface area contributed by atoms with Crippen LogP contribution in [0.3, 0.4) is 0 Å². The lowest BCUT2D eigenvalue weighted by Gasteiger charge is -2.39. The van der Waals surface area contributed by atoms with Crippen LogP contribution >= 0.6 is 0 Å². The molecule has 178 valence electrons. The maximum atomic E-state index is 13.5. The van der Waals surface area contributed by atoms with Gasteiger partial charge in [0.15, 0.2) is 5.78 Å². The summed E-state index contributed by atoms with van der Waals surface area (Å²) in [6.45, 7) is 2.41. The van der Waals surface area contributed by atoms with Crippen molar-refractivity contribution < 1.29 is 18.7 Å². The van der Waals surface area contributed by atoms with E-state index in [4.69, 9.17) is 4.74 Å². The summed E-state index contributed by atoms with van der Waals surface area (Å²) >= 11 is 0. The van der Waals surface area contributed by atoms with E-state index in [-0.39, 0.29) is 29.8 Å². The second-order valence-corrected chi connectivity index (χ2v) is 9.09. The van der Waals surface area contributed by atoms with Gasteiger partial charge in [-0.25, -0.2) is 4.39 Å². The highest BCUT2D eigenvalue weighted by Gasteiger charge is 2.40. The molecule has 0 radical (unpaired) electrons. The van der Waals surface area contributed by atoms with Gasteiger partial charge in [0, 0.05) is 30.0 Å². The number of para-hydroxylation sites is 1. The molecule has 1 atom stereocenters. The van der Waals surface area contributed by atoms with Crippen LogP contribution in [0.1, 0.15) is 55.2 Å². The normalized spacial score (nSPS) is 18.0. The number of rotatable bonds is 6. The Bertz CT molecular complexity index is 1280. The lowest BCUT2D eigenvalue weighted by atomic mass is 9.77. The summed E-state index contributed by atoms with van der Waals surface area (Å²) < 4.78 is 19.0. The molecular formula is C30H28FNO3. The Hall–Kier alpha value is -3.73. The zero-order chi connectivity index (χ0) is 24.4. The van der Waals surface area contributed by atoms with Crippen LogP contribution in [-0.4, -0.2) is 11.7 Å². The first kappa shape index (κ1) is 23.0. The first-order chi connectivity index (χ1) is 17.0. The minimum atomic E-state index is -0.275. The number of nitrogens with zero attached hydrogens (tertiary/aromatic N) is 1. The number of carbonyl (C=O) groups excluding carboxylic acids is 2. The highest BCUT2D eigenvalue weighted by molar-refractivity contribution is 6.07. The van der Waals surface area contributed by atoms with Gasteiger partial charge in [-0.05, 0) is 66.3 Å². The van der Waals surface area contributed by atoms with Crippen molar-refractivity contribution in [1.29, 1.82) is 0 Å². The number of anilines is 1. The topological polar surface area (TPSA) is 46.6 Å². The molecule has 0 saturated carbocycles. The Labute approximate surface area is 205 Å². The van der Waals surface area contributed by atoms with E-state index in [1.807, 2.05) is 53.4 Å². The van der Waals surface area contributed by atoms with Crippen molar-refractivity contribution in [2.45, 2.75) is 51.6 Å². The van der Waals surface area contributed by atoms with Gasteiger partial charge in [-0.2, -0.15) is 0 Å². The number of ether oxygens (including phenoxy) is 1. The van der Waals surface area contributed by atoms with Crippen molar-refractivity contribution in [2.75, 3.05) is 4.90 Å². The van der Waals surface area contributed by atoms with Crippen LogP contribution in [0, 0.1) is 5.82 Å². The number of carbonyl (C=O) groups is 2. The van der Waals surface area contributed by atoms with Gasteiger partial charge in [0.1, 0.15) is 18.2 Å². The largest absolute Gasteiger partial charge is 0.489 e. The van der Waals surface area contributed by atoms with Gasteiger partial charge < -0.3 is 4.74 Å². The predicted octanol–water partition coefficient (Wildman–Crippen LogP) is 6.49. The smallest absolute Gasteiger partial charge is 0.232 e. The number of allylic oxidation sites excluding steroid dienone is 2. The molecule has 35 heavy (non-hydrogen) atoms. The first-order valence-electron chi connectivity index (χ1n) is 12.2. The number of Topliss-reactive ketones (excluding diaryl/α,β-unsaturated/α-hetero) is 1. The number of amides is 1. The van der Waals surface area contributed by atoms with E-state index in [0.29, 0.717) is 18.8 Å². The summed E-state index contributed by atoms with van der Waals surface area (Å²) in [7, 11) is 0. The van der Waals surface area contributed by atoms with Crippen molar-refractivity contribution in [2.24, 2.45) is 0 Å². The lowest BCUT2D eigenvalue weighted by molar-refractivity contribution is -0.119. The number of aryl methyl sites for hydroxylation is 1. The fourth-order valence-electron chi connectivity index (χ4n) is 5.13. The summed E-state index contributed by atoms with van der Waals surface area (Å²) in [4.78, 5) is 28.4. The molecule has 4 nitrogen and oxygen atoms in total. The summed E-state index contributed by atoms with van der Waals surface area (Å²) in [6.07, 6.45) is 3.09. The molecule has 0 fully saturated rings. The number of hydrogen-bond donors (Lipinski definition) is 0. The van der Waals surface area contributed by atoms with Crippen LogP contribution in [0.4, 0.5) is 10.1 Å². The molecule has 0 bridgehead atoms. The Balaban J connectivity index is 1.43. The molecular weight excluding hydrogens is 441 g/mol. The molecule has 5 rings (SSSR count). The van der Waals surface area contributed by atoms with Gasteiger partial charge in [-0.3, -0.25) is 14.5 Å². The lowest BCUT2D eigenvalue weighted by Crippen LogP contribution is -2.41. The van der Waals surface area contributed by atoms with E-state index in [2.05, 4.69) is 6.92 Å². The average molecular weight is 470 g/mol. The average Bonchev–Trinajstić information content (AvgIpc) is 2.88. The first-order valence-corrected chi connectivity index (χ1v) is 12.2. The third-order valence-electron chi connectivity index (χ3n) is 6.89. The molecule has 0 N–H and O–H groups in total. The van der Waals surface area contributed by atoms with Crippen molar-refractivity contribution in [1.82, 2.24) is 0 Å². The van der Waals surface area contributed by atoms with Gasteiger partial charge in [0.25, 0.3) is 0 Å². The van der Waals surface area contributed by atoms with E-state index in [9.17, 15) is 14.0 Å². The quantitative estimate of drug-likeness (QED) is 0.414. The van der Waals surface area contributed by atoms with Gasteiger partial charge in [0.2, 0.25) is 5.91 Å². The van der Waals surface area contributed by atoms with E-state index < -0.39 is 0 Å². The van der Waals surface area contributed by atoms with Crippen molar-refractivity contribution in [3.8, 4) is 5.75 Å². The Morgan fingerprint density at radius 3 is 2.43 bits per heavy atom. The molecule has 2 aliphatic rings. The maximum absolute atomic E-state index is 13.5. The third kappa shape index (κ3) is 4.63. The molecule has 1 heterocycles. The zero-order valence-electron chi connectivity index (χ0n) is 19.8. The van der Waals surface area contributed by atoms with Crippen LogP contribution in [0.25, 0.3) is 0 Å². The standard InChI is InChI=1S/C30H28FNO3/c1-2-21-6-3-4-7-26(21)32-27-8-5-9-28(33)30(27)25(18-29(32)34)22-12-16-24(17-13-22)35-19-20-10-14-23(31)15-11-20/h3-4,6-7,10-17,25H,2,5,8-9,18-19H2,1H3. The number of ketones is 1. The van der Waals surface area contributed by atoms with Gasteiger partial charge >= 0.3 is 0 Å². The summed E-state index contributed by atoms with van der Waals surface area (Å²) in [5.41, 5.74) is 5.46. The SMILES string of the molecule is CCc1ccccc1N1C(=O)CC(c2ccc(OCc3ccc(F)cc3)cc2)C2=C1CCCC2=O. The van der Waals surface area contributed by atoms with Crippen molar-refractivity contribution in [3.05, 3.63) is 107 Å². The van der Waals surface area contributed by atoms with Crippen LogP contribution in [-0.2, 0) is 22.6 Å². The molecule has 1 aliphatic heterocycles. The summed E-state index contributed by atoms with van der Waals surface area (Å²) in [5.74, 6) is 0.326. The summed E-state index contributed by atoms with van der Waals surface area (Å²) in [5, 5.41) is 0. The highest BCUT2D eigenvalue weighted by Crippen LogP contribution is 2.44. The van der Waals surface area contributed by atoms with Crippen LogP contribution in [0.15, 0.2) is 84.1 Å². The van der Waals surface area contributed by atoms with E-state index in [0.717, 1.165) is 52.9 Å². The van der Waals surface area contributed by atoms with Crippen LogP contribution in [0.5, 0.6) is 5.75 Å². The highest BCUT2D eigenvalue weighted by atomic mass is 19.1. The van der Waals surface area contributed by atoms with Crippen molar-refractivity contribution >= 4 is 17.4 Å². The second kappa shape index (κ2) is 9.87. The number of hydrogen-bond acceptors (Lipinski definition) is 3. The van der Waals surface area contributed by atoms with Crippen LogP contribution in [0.2, 0.25) is 0 Å². The molecule has 0 aromatic heterocycles. The molecule has 3 aromatic rings. The van der Waals surface area contributed by atoms with Gasteiger partial charge in [-0.1, -0.05) is 49.4 Å². The molecule has 3 aromatic carbocycles. The Morgan fingerprint density at radius 1 is 0.943 bits per heavy atom. The summed E-state index contributed by atoms with van der Waals surface area (Å²) in [6, 6.07) is 21.8. The van der Waals surface area contributed by atoms with Gasteiger partial charge in [0.05, 0.1) is 5.69 Å². The molecule has 0 saturated heterocycles. The minimum absolute atomic E-state index is 0.0287. The number of benzene rings is 3. The fourth-order valence-corrected chi connectivity index (χ4v) is 5.13. The molecule has 5 heteroatoms. The minimum Gasteiger partial charge on any atom is -0.489 e. The predicted molar refractivity (Wildman–Crippen MR) is 134 cm³/mol. The van der Waals surface area contributed by atoms with Crippen LogP contribution < -0.4 is 9.64 Å². The van der Waals surface area contributed by atoms with Gasteiger partial charge in [-0.15, -0.1) is 0 Å². The van der Waals surface area contributed by atoms with Crippen molar-refractivity contribution in [3.63, 3.8) is 0 Å². The second-order valence-electron chi connectivity index (χ2n) is 9.09. The fraction of sp³-hybridized carbons (Fsp3) is 0.267. The maximum Gasteiger partial charge on any atom is 0.232 e. The van der Waals surface area contributed by atoms with E-state index in [1.165, 1.54) is 12.1 Å². The molecule has 1 unspecified atom stereocenters. The van der Waals surface area contributed by atoms with E-state index >= 15 is 0 Å². The zero-order valence-corrected chi connectivity index (χ0v) is 19.8. The molecule has 1 amide bonds. The third-order valence-corrected chi connectivity index (χ3v) is 6.89. The monoisotopic (exact) mass is 469 g/mol.